The van der Waals surface area contributed by atoms with E-state index in [1.165, 1.54) is 0 Å². The molecule has 6 nitrogen and oxygen atoms in total. The molecular weight excluding hydrogens is 254 g/mol. The van der Waals surface area contributed by atoms with Gasteiger partial charge in [0.15, 0.2) is 0 Å². The molecule has 0 spiro atoms. The van der Waals surface area contributed by atoms with Crippen LogP contribution >= 0.6 is 0 Å². The van der Waals surface area contributed by atoms with Gasteiger partial charge in [0.2, 0.25) is 5.91 Å². The van der Waals surface area contributed by atoms with Gasteiger partial charge in [-0.25, -0.2) is 0 Å². The van der Waals surface area contributed by atoms with E-state index in [0.29, 0.717) is 19.1 Å². The molecule has 0 aliphatic carbocycles. The number of carbonyl (C=O) groups excluding carboxylic acids is 1. The number of carbonyl (C=O) groups is 1. The molecule has 6 heteroatoms. The fourth-order valence-corrected chi connectivity index (χ4v) is 2.34. The van der Waals surface area contributed by atoms with E-state index in [2.05, 4.69) is 39.2 Å². The van der Waals surface area contributed by atoms with Crippen molar-refractivity contribution >= 4 is 5.91 Å². The van der Waals surface area contributed by atoms with E-state index in [-0.39, 0.29) is 5.91 Å². The highest BCUT2D eigenvalue weighted by Crippen LogP contribution is 2.12. The van der Waals surface area contributed by atoms with Crippen molar-refractivity contribution in [3.63, 3.8) is 0 Å². The zero-order chi connectivity index (χ0) is 14.5. The number of aromatic nitrogens is 2. The average Bonchev–Trinajstić information content (AvgIpc) is 2.87. The summed E-state index contributed by atoms with van der Waals surface area (Å²) < 4.78 is 0. The first-order valence-electron chi connectivity index (χ1n) is 6.97. The molecule has 1 unspecified atom stereocenters. The summed E-state index contributed by atoms with van der Waals surface area (Å²) in [6, 6.07) is 0.561. The maximum Gasteiger partial charge on any atom is 0.234 e. The lowest BCUT2D eigenvalue weighted by atomic mass is 10.2. The topological polar surface area (TPSA) is 61.4 Å². The first kappa shape index (κ1) is 14.9. The molecule has 1 aromatic rings. The van der Waals surface area contributed by atoms with Gasteiger partial charge in [-0.3, -0.25) is 19.7 Å². The van der Waals surface area contributed by atoms with Crippen molar-refractivity contribution in [1.82, 2.24) is 25.1 Å². The molecule has 1 N–H and O–H groups in total. The van der Waals surface area contributed by atoms with Gasteiger partial charge in [-0.1, -0.05) is 0 Å². The lowest BCUT2D eigenvalue weighted by molar-refractivity contribution is -0.122. The van der Waals surface area contributed by atoms with Crippen LogP contribution in [0.1, 0.15) is 17.8 Å². The van der Waals surface area contributed by atoms with E-state index < -0.39 is 0 Å². The molecule has 2 heterocycles. The molecule has 1 atom stereocenters. The zero-order valence-electron chi connectivity index (χ0n) is 12.5. The van der Waals surface area contributed by atoms with Gasteiger partial charge in [-0.2, -0.15) is 0 Å². The SMILES string of the molecule is Cc1cnc(CNC(=O)CN2CCC(N(C)C)C2)cn1. The summed E-state index contributed by atoms with van der Waals surface area (Å²) >= 11 is 0. The van der Waals surface area contributed by atoms with Crippen molar-refractivity contribution in [2.45, 2.75) is 25.9 Å². The van der Waals surface area contributed by atoms with Crippen LogP contribution in [0.25, 0.3) is 0 Å². The van der Waals surface area contributed by atoms with E-state index >= 15 is 0 Å². The molecule has 1 aliphatic rings. The third-order valence-corrected chi connectivity index (χ3v) is 3.65. The summed E-state index contributed by atoms with van der Waals surface area (Å²) in [5.41, 5.74) is 1.67. The van der Waals surface area contributed by atoms with Gasteiger partial charge in [-0.15, -0.1) is 0 Å². The molecule has 1 saturated heterocycles. The second-order valence-corrected chi connectivity index (χ2v) is 5.57. The largest absolute Gasteiger partial charge is 0.349 e. The highest BCUT2D eigenvalue weighted by Gasteiger charge is 2.25. The number of hydrogen-bond acceptors (Lipinski definition) is 5. The Bertz CT molecular complexity index is 445. The third-order valence-electron chi connectivity index (χ3n) is 3.65. The van der Waals surface area contributed by atoms with E-state index in [1.54, 1.807) is 12.4 Å². The molecule has 1 fully saturated rings. The van der Waals surface area contributed by atoms with Gasteiger partial charge in [0.1, 0.15) is 0 Å². The molecule has 2 rings (SSSR count). The van der Waals surface area contributed by atoms with Gasteiger partial charge in [0, 0.05) is 25.3 Å². The minimum atomic E-state index is 0.0479. The van der Waals surface area contributed by atoms with Gasteiger partial charge in [-0.05, 0) is 27.4 Å². The Morgan fingerprint density at radius 1 is 1.45 bits per heavy atom. The normalized spacial score (nSPS) is 19.5. The number of hydrogen-bond donors (Lipinski definition) is 1. The fourth-order valence-electron chi connectivity index (χ4n) is 2.34. The van der Waals surface area contributed by atoms with Crippen molar-refractivity contribution in [1.29, 1.82) is 0 Å². The van der Waals surface area contributed by atoms with Gasteiger partial charge in [0.25, 0.3) is 0 Å². The van der Waals surface area contributed by atoms with E-state index in [4.69, 9.17) is 0 Å². The first-order chi connectivity index (χ1) is 9.54. The van der Waals surface area contributed by atoms with Crippen molar-refractivity contribution in [3.05, 3.63) is 23.8 Å². The Labute approximate surface area is 120 Å². The maximum atomic E-state index is 11.9. The van der Waals surface area contributed by atoms with Crippen LogP contribution in [-0.2, 0) is 11.3 Å². The summed E-state index contributed by atoms with van der Waals surface area (Å²) in [6.45, 7) is 4.75. The monoisotopic (exact) mass is 277 g/mol. The van der Waals surface area contributed by atoms with Crippen LogP contribution < -0.4 is 5.32 Å². The highest BCUT2D eigenvalue weighted by molar-refractivity contribution is 5.78. The molecule has 0 radical (unpaired) electrons. The van der Waals surface area contributed by atoms with Crippen LogP contribution in [0.15, 0.2) is 12.4 Å². The fraction of sp³-hybridized carbons (Fsp3) is 0.643. The quantitative estimate of drug-likeness (QED) is 0.823. The summed E-state index contributed by atoms with van der Waals surface area (Å²) in [6.07, 6.45) is 4.54. The molecule has 0 bridgehead atoms. The molecule has 1 aliphatic heterocycles. The number of amides is 1. The van der Waals surface area contributed by atoms with E-state index in [1.807, 2.05) is 6.92 Å². The minimum absolute atomic E-state index is 0.0479. The van der Waals surface area contributed by atoms with Crippen LogP contribution in [0, 0.1) is 6.92 Å². The molecule has 1 aromatic heterocycles. The first-order valence-corrected chi connectivity index (χ1v) is 6.97. The summed E-state index contributed by atoms with van der Waals surface area (Å²) in [5.74, 6) is 0.0479. The minimum Gasteiger partial charge on any atom is -0.349 e. The summed E-state index contributed by atoms with van der Waals surface area (Å²) in [7, 11) is 4.18. The Balaban J connectivity index is 1.72. The van der Waals surface area contributed by atoms with Crippen LogP contribution in [0.3, 0.4) is 0 Å². The lowest BCUT2D eigenvalue weighted by Gasteiger charge is -2.20. The second kappa shape index (κ2) is 6.76. The number of aryl methyl sites for hydroxylation is 1. The number of rotatable bonds is 5. The lowest BCUT2D eigenvalue weighted by Crippen LogP contribution is -2.38. The molecule has 110 valence electrons. The predicted molar refractivity (Wildman–Crippen MR) is 77.1 cm³/mol. The maximum absolute atomic E-state index is 11.9. The van der Waals surface area contributed by atoms with Crippen LogP contribution in [0.5, 0.6) is 0 Å². The zero-order valence-corrected chi connectivity index (χ0v) is 12.5. The van der Waals surface area contributed by atoms with E-state index in [9.17, 15) is 4.79 Å². The third kappa shape index (κ3) is 4.25. The molecule has 1 amide bonds. The van der Waals surface area contributed by atoms with Crippen molar-refractivity contribution < 1.29 is 4.79 Å². The van der Waals surface area contributed by atoms with Crippen molar-refractivity contribution in [2.24, 2.45) is 0 Å². The smallest absolute Gasteiger partial charge is 0.234 e. The highest BCUT2D eigenvalue weighted by atomic mass is 16.2. The van der Waals surface area contributed by atoms with Crippen LogP contribution in [0.2, 0.25) is 0 Å². The van der Waals surface area contributed by atoms with Gasteiger partial charge >= 0.3 is 0 Å². The Hall–Kier alpha value is -1.53. The average molecular weight is 277 g/mol. The number of likely N-dealkylation sites (N-methyl/N-ethyl adjacent to an activating group) is 1. The number of nitrogens with zero attached hydrogens (tertiary/aromatic N) is 4. The number of nitrogens with one attached hydrogen (secondary N) is 1. The second-order valence-electron chi connectivity index (χ2n) is 5.57. The molecular formula is C14H23N5O. The van der Waals surface area contributed by atoms with Gasteiger partial charge in [0.05, 0.1) is 30.7 Å². The molecule has 0 aromatic carbocycles. The molecule has 20 heavy (non-hydrogen) atoms. The van der Waals surface area contributed by atoms with Crippen molar-refractivity contribution in [3.8, 4) is 0 Å². The Kier molecular flexibility index (Phi) is 5.03. The van der Waals surface area contributed by atoms with Crippen LogP contribution in [-0.4, -0.2) is 65.4 Å². The van der Waals surface area contributed by atoms with E-state index in [0.717, 1.165) is 30.9 Å². The summed E-state index contributed by atoms with van der Waals surface area (Å²) in [5, 5.41) is 2.89. The van der Waals surface area contributed by atoms with Crippen molar-refractivity contribution in [2.75, 3.05) is 33.7 Å². The standard InChI is InChI=1S/C14H23N5O/c1-11-6-16-12(7-15-11)8-17-14(20)10-19-5-4-13(9-19)18(2)3/h6-7,13H,4-5,8-10H2,1-3H3,(H,17,20). The molecule has 0 saturated carbocycles. The number of likely N-dealkylation sites (tertiary alicyclic amines) is 1. The van der Waals surface area contributed by atoms with Crippen LogP contribution in [0.4, 0.5) is 0 Å². The predicted octanol–water partition coefficient (Wildman–Crippen LogP) is 0.0371. The van der Waals surface area contributed by atoms with Gasteiger partial charge < -0.3 is 10.2 Å². The Morgan fingerprint density at radius 2 is 2.25 bits per heavy atom. The summed E-state index contributed by atoms with van der Waals surface area (Å²) in [4.78, 5) is 24.7. The Morgan fingerprint density at radius 3 is 2.85 bits per heavy atom.